The van der Waals surface area contributed by atoms with Crippen LogP contribution in [0.5, 0.6) is 17.2 Å². The zero-order chi connectivity index (χ0) is 27.3. The average molecular weight is 531 g/mol. The number of nitrogens with zero attached hydrogens (tertiary/aromatic N) is 1. The number of halogens is 5. The van der Waals surface area contributed by atoms with Gasteiger partial charge in [0.05, 0.1) is 6.61 Å². The van der Waals surface area contributed by atoms with Crippen LogP contribution >= 0.6 is 0 Å². The summed E-state index contributed by atoms with van der Waals surface area (Å²) in [4.78, 5) is 28.4. The lowest BCUT2D eigenvalue weighted by Gasteiger charge is -2.31. The molecule has 1 saturated heterocycles. The molecule has 0 aliphatic carbocycles. The number of hydrogen-bond acceptors (Lipinski definition) is 7. The fourth-order valence-electron chi connectivity index (χ4n) is 4.43. The number of carbonyl (C=O) groups is 2. The summed E-state index contributed by atoms with van der Waals surface area (Å²) in [5, 5.41) is 2.38. The highest BCUT2D eigenvalue weighted by Crippen LogP contribution is 2.58. The van der Waals surface area contributed by atoms with E-state index in [1.165, 1.54) is 25.1 Å². The third-order valence-corrected chi connectivity index (χ3v) is 6.41. The fourth-order valence-corrected chi connectivity index (χ4v) is 4.43. The minimum Gasteiger partial charge on any atom is -0.490 e. The molecule has 0 radical (unpaired) electrons. The Labute approximate surface area is 207 Å². The van der Waals surface area contributed by atoms with Gasteiger partial charge in [0.2, 0.25) is 5.75 Å². The van der Waals surface area contributed by atoms with Crippen molar-refractivity contribution >= 4 is 17.5 Å². The number of aromatic nitrogens is 1. The fraction of sp³-hybridized carbons (Fsp3) is 0.435. The molecular weight excluding hydrogens is 509 g/mol. The van der Waals surface area contributed by atoms with Crippen LogP contribution in [0.1, 0.15) is 42.7 Å². The van der Waals surface area contributed by atoms with Crippen LogP contribution < -0.4 is 25.3 Å². The number of nitrogens with two attached hydrogens (primary N) is 1. The Kier molecular flexibility index (Phi) is 6.42. The van der Waals surface area contributed by atoms with E-state index in [-0.39, 0.29) is 29.3 Å². The molecule has 2 aromatic rings. The largest absolute Gasteiger partial charge is 0.586 e. The van der Waals surface area contributed by atoms with Crippen LogP contribution in [0.3, 0.4) is 0 Å². The molecule has 2 aliphatic rings. The van der Waals surface area contributed by atoms with Gasteiger partial charge in [-0.25, -0.2) is 0 Å². The number of nitrogens with one attached hydrogen (secondary N) is 1. The molecule has 9 nitrogen and oxygen atoms in total. The van der Waals surface area contributed by atoms with Crippen LogP contribution in [0.25, 0.3) is 0 Å². The summed E-state index contributed by atoms with van der Waals surface area (Å²) >= 11 is 0. The molecule has 4 rings (SSSR count). The molecule has 0 saturated carbocycles. The molecule has 2 amide bonds. The number of hydrogen-bond donors (Lipinski definition) is 2. The van der Waals surface area contributed by atoms with Gasteiger partial charge < -0.3 is 30.0 Å². The molecular formula is C23H22F5N3O6. The third kappa shape index (κ3) is 4.61. The summed E-state index contributed by atoms with van der Waals surface area (Å²) in [5.41, 5.74) is 1.99. The molecule has 1 aromatic heterocycles. The predicted octanol–water partition coefficient (Wildman–Crippen LogP) is 3.98. The zero-order valence-corrected chi connectivity index (χ0v) is 19.7. The number of amides is 2. The Morgan fingerprint density at radius 1 is 1.19 bits per heavy atom. The smallest absolute Gasteiger partial charge is 0.490 e. The van der Waals surface area contributed by atoms with Gasteiger partial charge in [0, 0.05) is 29.3 Å². The number of rotatable bonds is 6. The molecule has 4 atom stereocenters. The normalized spacial score (nSPS) is 26.1. The molecule has 0 bridgehead atoms. The molecule has 14 heteroatoms. The summed E-state index contributed by atoms with van der Waals surface area (Å²) < 4.78 is 90.4. The first-order valence-corrected chi connectivity index (χ1v) is 11.0. The first-order valence-electron chi connectivity index (χ1n) is 11.0. The summed E-state index contributed by atoms with van der Waals surface area (Å²) in [5.74, 6) is -5.95. The van der Waals surface area contributed by atoms with E-state index in [1.54, 1.807) is 6.92 Å². The van der Waals surface area contributed by atoms with E-state index in [1.807, 2.05) is 0 Å². The van der Waals surface area contributed by atoms with E-state index in [0.29, 0.717) is 0 Å². The Morgan fingerprint density at radius 2 is 1.86 bits per heavy atom. The lowest BCUT2D eigenvalue weighted by atomic mass is 9.77. The average Bonchev–Trinajstić information content (AvgIpc) is 3.28. The summed E-state index contributed by atoms with van der Waals surface area (Å²) in [7, 11) is 0. The summed E-state index contributed by atoms with van der Waals surface area (Å²) in [6, 6.07) is 4.89. The van der Waals surface area contributed by atoms with Crippen LogP contribution in [-0.4, -0.2) is 47.6 Å². The molecule has 2 aliphatic heterocycles. The molecule has 0 unspecified atom stereocenters. The Hall–Kier alpha value is -3.68. The minimum atomic E-state index is -4.93. The van der Waals surface area contributed by atoms with Crippen molar-refractivity contribution in [3.8, 4) is 17.2 Å². The molecule has 3 heterocycles. The second-order valence-electron chi connectivity index (χ2n) is 8.65. The number of ether oxygens (including phenoxy) is 4. The number of fused-ring (bicyclic) bond motifs is 1. The van der Waals surface area contributed by atoms with E-state index in [4.69, 9.17) is 15.2 Å². The maximum Gasteiger partial charge on any atom is 0.586 e. The van der Waals surface area contributed by atoms with E-state index >= 15 is 0 Å². The number of carbonyl (C=O) groups excluding carboxylic acids is 2. The number of pyridine rings is 1. The lowest BCUT2D eigenvalue weighted by molar-refractivity contribution is -0.287. The van der Waals surface area contributed by atoms with Crippen LogP contribution in [-0.2, 0) is 9.53 Å². The number of alkyl halides is 5. The predicted molar refractivity (Wildman–Crippen MR) is 116 cm³/mol. The number of primary amides is 1. The maximum atomic E-state index is 14.1. The van der Waals surface area contributed by atoms with Gasteiger partial charge in [-0.3, -0.25) is 14.6 Å². The van der Waals surface area contributed by atoms with Crippen molar-refractivity contribution in [2.45, 2.75) is 50.9 Å². The molecule has 1 fully saturated rings. The highest BCUT2D eigenvalue weighted by atomic mass is 19.4. The van der Waals surface area contributed by atoms with E-state index < -0.39 is 59.3 Å². The summed E-state index contributed by atoms with van der Waals surface area (Å²) in [6.07, 6.45) is -9.69. The van der Waals surface area contributed by atoms with E-state index in [9.17, 15) is 31.5 Å². The van der Waals surface area contributed by atoms with Crippen molar-refractivity contribution in [1.82, 2.24) is 4.98 Å². The van der Waals surface area contributed by atoms with Crippen molar-refractivity contribution in [3.05, 3.63) is 41.7 Å². The monoisotopic (exact) mass is 531 g/mol. The van der Waals surface area contributed by atoms with Gasteiger partial charge >= 0.3 is 12.5 Å². The number of anilines is 1. The molecule has 1 aromatic carbocycles. The Bertz CT molecular complexity index is 1240. The van der Waals surface area contributed by atoms with Gasteiger partial charge in [0.1, 0.15) is 11.8 Å². The second-order valence-corrected chi connectivity index (χ2v) is 8.65. The van der Waals surface area contributed by atoms with Gasteiger partial charge in [-0.05, 0) is 32.0 Å². The third-order valence-electron chi connectivity index (χ3n) is 6.41. The topological polar surface area (TPSA) is 122 Å². The molecule has 0 spiro atoms. The van der Waals surface area contributed by atoms with Crippen LogP contribution in [0.2, 0.25) is 0 Å². The van der Waals surface area contributed by atoms with E-state index in [0.717, 1.165) is 19.2 Å². The van der Waals surface area contributed by atoms with Gasteiger partial charge in [-0.1, -0.05) is 13.0 Å². The van der Waals surface area contributed by atoms with Crippen molar-refractivity contribution in [1.29, 1.82) is 0 Å². The Morgan fingerprint density at radius 3 is 2.49 bits per heavy atom. The summed E-state index contributed by atoms with van der Waals surface area (Å²) in [6.45, 7) is 3.65. The SMILES string of the molecule is CCOc1ccc([C@H]2[C@H](C(=O)Nc3ccnc(C(N)=O)c3)O[C@@](C)(C(F)(F)F)[C@H]2C)c2c1OC(F)(F)O2. The van der Waals surface area contributed by atoms with E-state index in [2.05, 4.69) is 19.8 Å². The second kappa shape index (κ2) is 9.01. The van der Waals surface area contributed by atoms with Crippen LogP contribution in [0.15, 0.2) is 30.5 Å². The van der Waals surface area contributed by atoms with Crippen LogP contribution in [0.4, 0.5) is 27.6 Å². The van der Waals surface area contributed by atoms with Crippen LogP contribution in [0, 0.1) is 5.92 Å². The van der Waals surface area contributed by atoms with Crippen molar-refractivity contribution < 1.29 is 50.5 Å². The minimum absolute atomic E-state index is 0.00690. The quantitative estimate of drug-likeness (QED) is 0.541. The van der Waals surface area contributed by atoms with Crippen molar-refractivity contribution in [2.75, 3.05) is 11.9 Å². The standard InChI is InChI=1S/C23H22F5N3O6/c1-4-34-14-6-5-12(16-17(14)37-23(27,28)36-16)15-10(2)21(3,22(24,25)26)35-18(15)20(33)31-11-7-8-30-13(9-11)19(29)32/h5-10,15,18H,4H2,1-3H3,(H2,29,32)(H,30,31,33)/t10-,15-,18+,21+/m0/s1. The first-order chi connectivity index (χ1) is 17.2. The van der Waals surface area contributed by atoms with Gasteiger partial charge in [0.15, 0.2) is 17.1 Å². The Balaban J connectivity index is 1.79. The zero-order valence-electron chi connectivity index (χ0n) is 19.7. The molecule has 200 valence electrons. The number of benzene rings is 1. The molecule has 37 heavy (non-hydrogen) atoms. The molecule has 3 N–H and O–H groups in total. The maximum absolute atomic E-state index is 14.1. The highest BCUT2D eigenvalue weighted by Gasteiger charge is 2.66. The van der Waals surface area contributed by atoms with Crippen molar-refractivity contribution in [2.24, 2.45) is 11.7 Å². The first kappa shape index (κ1) is 26.4. The highest BCUT2D eigenvalue weighted by molar-refractivity contribution is 5.97. The lowest BCUT2D eigenvalue weighted by Crippen LogP contribution is -2.47. The van der Waals surface area contributed by atoms with Gasteiger partial charge in [0.25, 0.3) is 11.8 Å². The van der Waals surface area contributed by atoms with Gasteiger partial charge in [-0.15, -0.1) is 8.78 Å². The van der Waals surface area contributed by atoms with Crippen molar-refractivity contribution in [3.63, 3.8) is 0 Å². The van der Waals surface area contributed by atoms with Gasteiger partial charge in [-0.2, -0.15) is 13.2 Å².